The van der Waals surface area contributed by atoms with Crippen LogP contribution >= 0.6 is 23.4 Å². The Morgan fingerprint density at radius 3 is 2.71 bits per heavy atom. The van der Waals surface area contributed by atoms with Gasteiger partial charge in [0.15, 0.2) is 0 Å². The maximum absolute atomic E-state index is 5.83. The van der Waals surface area contributed by atoms with Crippen LogP contribution in [0.15, 0.2) is 29.2 Å². The van der Waals surface area contributed by atoms with Crippen molar-refractivity contribution in [1.82, 2.24) is 5.32 Å². The van der Waals surface area contributed by atoms with E-state index < -0.39 is 0 Å². The first-order valence-electron chi connectivity index (χ1n) is 4.97. The Kier molecular flexibility index (Phi) is 3.74. The molecule has 0 bridgehead atoms. The molecule has 0 aliphatic carbocycles. The monoisotopic (exact) mass is 227 g/mol. The standard InChI is InChI=1S/C11H14ClNS/c12-9-3-5-10(6-4-9)14-11-2-1-7-13-8-11/h3-6,11,13H,1-2,7-8H2. The van der Waals surface area contributed by atoms with Crippen LogP contribution in [0.3, 0.4) is 0 Å². The van der Waals surface area contributed by atoms with Crippen LogP contribution in [0.2, 0.25) is 5.02 Å². The van der Waals surface area contributed by atoms with Gasteiger partial charge in [-0.3, -0.25) is 0 Å². The zero-order valence-corrected chi connectivity index (χ0v) is 9.57. The topological polar surface area (TPSA) is 12.0 Å². The number of piperidine rings is 1. The first kappa shape index (κ1) is 10.3. The average Bonchev–Trinajstić information content (AvgIpc) is 2.23. The molecular formula is C11H14ClNS. The van der Waals surface area contributed by atoms with Crippen LogP contribution in [0.5, 0.6) is 0 Å². The van der Waals surface area contributed by atoms with Gasteiger partial charge in [-0.2, -0.15) is 0 Å². The van der Waals surface area contributed by atoms with Crippen molar-refractivity contribution in [2.75, 3.05) is 13.1 Å². The van der Waals surface area contributed by atoms with E-state index in [9.17, 15) is 0 Å². The summed E-state index contributed by atoms with van der Waals surface area (Å²) < 4.78 is 0. The SMILES string of the molecule is Clc1ccc(SC2CCCNC2)cc1. The van der Waals surface area contributed by atoms with Crippen molar-refractivity contribution < 1.29 is 0 Å². The van der Waals surface area contributed by atoms with Crippen LogP contribution in [0, 0.1) is 0 Å². The summed E-state index contributed by atoms with van der Waals surface area (Å²) >= 11 is 7.78. The quantitative estimate of drug-likeness (QED) is 0.833. The van der Waals surface area contributed by atoms with Gasteiger partial charge in [0.2, 0.25) is 0 Å². The summed E-state index contributed by atoms with van der Waals surface area (Å²) in [7, 11) is 0. The van der Waals surface area contributed by atoms with E-state index in [4.69, 9.17) is 11.6 Å². The third-order valence-electron chi connectivity index (χ3n) is 2.37. The summed E-state index contributed by atoms with van der Waals surface area (Å²) in [6.07, 6.45) is 2.62. The third-order valence-corrected chi connectivity index (χ3v) is 3.90. The summed E-state index contributed by atoms with van der Waals surface area (Å²) in [5.41, 5.74) is 0. The van der Waals surface area contributed by atoms with Crippen molar-refractivity contribution in [1.29, 1.82) is 0 Å². The lowest BCUT2D eigenvalue weighted by Gasteiger charge is -2.22. The Hall–Kier alpha value is -0.180. The number of thioether (sulfide) groups is 1. The Labute approximate surface area is 94.2 Å². The number of hydrogen-bond acceptors (Lipinski definition) is 2. The Bertz CT molecular complexity index is 280. The van der Waals surface area contributed by atoms with Crippen molar-refractivity contribution in [3.63, 3.8) is 0 Å². The second-order valence-electron chi connectivity index (χ2n) is 3.54. The molecule has 1 heterocycles. The minimum absolute atomic E-state index is 0.727. The summed E-state index contributed by atoms with van der Waals surface area (Å²) in [4.78, 5) is 1.32. The Morgan fingerprint density at radius 2 is 2.07 bits per heavy atom. The first-order valence-corrected chi connectivity index (χ1v) is 6.23. The summed E-state index contributed by atoms with van der Waals surface area (Å²) in [5, 5.41) is 4.96. The summed E-state index contributed by atoms with van der Waals surface area (Å²) in [6, 6.07) is 8.11. The predicted octanol–water partition coefficient (Wildman–Crippen LogP) is 3.18. The van der Waals surface area contributed by atoms with E-state index in [2.05, 4.69) is 17.4 Å². The number of hydrogen-bond donors (Lipinski definition) is 1. The smallest absolute Gasteiger partial charge is 0.0406 e. The number of rotatable bonds is 2. The minimum Gasteiger partial charge on any atom is -0.316 e. The number of benzene rings is 1. The number of nitrogens with one attached hydrogen (secondary N) is 1. The second-order valence-corrected chi connectivity index (χ2v) is 5.35. The van der Waals surface area contributed by atoms with Gasteiger partial charge in [-0.15, -0.1) is 11.8 Å². The van der Waals surface area contributed by atoms with E-state index in [1.165, 1.54) is 24.3 Å². The van der Waals surface area contributed by atoms with Crippen molar-refractivity contribution in [2.24, 2.45) is 0 Å². The van der Waals surface area contributed by atoms with Gasteiger partial charge in [0.1, 0.15) is 0 Å². The van der Waals surface area contributed by atoms with Gasteiger partial charge in [0.05, 0.1) is 0 Å². The van der Waals surface area contributed by atoms with Crippen LogP contribution in [0.4, 0.5) is 0 Å². The van der Waals surface area contributed by atoms with Crippen molar-refractivity contribution in [3.8, 4) is 0 Å². The van der Waals surface area contributed by atoms with E-state index in [1.807, 2.05) is 23.9 Å². The molecule has 1 N–H and O–H groups in total. The molecule has 1 aliphatic heterocycles. The summed E-state index contributed by atoms with van der Waals surface area (Å²) in [6.45, 7) is 2.31. The molecule has 1 saturated heterocycles. The van der Waals surface area contributed by atoms with E-state index in [1.54, 1.807) is 0 Å². The van der Waals surface area contributed by atoms with Gasteiger partial charge in [-0.1, -0.05) is 11.6 Å². The lowest BCUT2D eigenvalue weighted by molar-refractivity contribution is 0.531. The lowest BCUT2D eigenvalue weighted by atomic mass is 10.2. The number of halogens is 1. The molecule has 2 rings (SSSR count). The Balaban J connectivity index is 1.92. The van der Waals surface area contributed by atoms with Crippen LogP contribution < -0.4 is 5.32 Å². The van der Waals surface area contributed by atoms with Gasteiger partial charge in [0, 0.05) is 21.7 Å². The van der Waals surface area contributed by atoms with Crippen LogP contribution in [0.1, 0.15) is 12.8 Å². The second kappa shape index (κ2) is 5.06. The molecule has 76 valence electrons. The van der Waals surface area contributed by atoms with Gasteiger partial charge >= 0.3 is 0 Å². The molecule has 0 amide bonds. The molecule has 1 fully saturated rings. The highest BCUT2D eigenvalue weighted by molar-refractivity contribution is 8.00. The highest BCUT2D eigenvalue weighted by Crippen LogP contribution is 2.28. The van der Waals surface area contributed by atoms with E-state index in [-0.39, 0.29) is 0 Å². The average molecular weight is 228 g/mol. The fourth-order valence-corrected chi connectivity index (χ4v) is 2.92. The third kappa shape index (κ3) is 2.91. The molecule has 1 atom stereocenters. The predicted molar refractivity (Wildman–Crippen MR) is 63.2 cm³/mol. The fraction of sp³-hybridized carbons (Fsp3) is 0.455. The van der Waals surface area contributed by atoms with Crippen molar-refractivity contribution in [2.45, 2.75) is 23.0 Å². The highest BCUT2D eigenvalue weighted by Gasteiger charge is 2.13. The van der Waals surface area contributed by atoms with E-state index in [0.717, 1.165) is 16.8 Å². The fourth-order valence-electron chi connectivity index (χ4n) is 1.63. The zero-order chi connectivity index (χ0) is 9.80. The van der Waals surface area contributed by atoms with Crippen LogP contribution in [0.25, 0.3) is 0 Å². The largest absolute Gasteiger partial charge is 0.316 e. The molecule has 0 spiro atoms. The molecule has 0 saturated carbocycles. The van der Waals surface area contributed by atoms with Gasteiger partial charge in [0.25, 0.3) is 0 Å². The lowest BCUT2D eigenvalue weighted by Crippen LogP contribution is -2.31. The Morgan fingerprint density at radius 1 is 1.29 bits per heavy atom. The van der Waals surface area contributed by atoms with Crippen molar-refractivity contribution in [3.05, 3.63) is 29.3 Å². The molecule has 1 nitrogen and oxygen atoms in total. The highest BCUT2D eigenvalue weighted by atomic mass is 35.5. The molecule has 14 heavy (non-hydrogen) atoms. The van der Waals surface area contributed by atoms with Gasteiger partial charge in [-0.05, 0) is 43.7 Å². The molecule has 1 aromatic carbocycles. The molecule has 1 aliphatic rings. The molecule has 1 unspecified atom stereocenters. The van der Waals surface area contributed by atoms with Gasteiger partial charge < -0.3 is 5.32 Å². The van der Waals surface area contributed by atoms with E-state index >= 15 is 0 Å². The van der Waals surface area contributed by atoms with E-state index in [0.29, 0.717) is 0 Å². The first-order chi connectivity index (χ1) is 6.84. The molecule has 0 aromatic heterocycles. The maximum Gasteiger partial charge on any atom is 0.0406 e. The van der Waals surface area contributed by atoms with Gasteiger partial charge in [-0.25, -0.2) is 0 Å². The molecule has 3 heteroatoms. The van der Waals surface area contributed by atoms with Crippen LogP contribution in [-0.4, -0.2) is 18.3 Å². The molecule has 1 aromatic rings. The summed E-state index contributed by atoms with van der Waals surface area (Å²) in [5.74, 6) is 0. The maximum atomic E-state index is 5.83. The molecular weight excluding hydrogens is 214 g/mol. The minimum atomic E-state index is 0.727. The van der Waals surface area contributed by atoms with Crippen molar-refractivity contribution >= 4 is 23.4 Å². The van der Waals surface area contributed by atoms with Crippen LogP contribution in [-0.2, 0) is 0 Å². The zero-order valence-electron chi connectivity index (χ0n) is 8.00. The normalized spacial score (nSPS) is 22.2. The molecule has 0 radical (unpaired) electrons.